The lowest BCUT2D eigenvalue weighted by atomic mass is 10.0. The van der Waals surface area contributed by atoms with E-state index in [1.165, 1.54) is 4.90 Å². The van der Waals surface area contributed by atoms with Gasteiger partial charge in [-0.3, -0.25) is 13.9 Å². The Kier molecular flexibility index (Phi) is 9.92. The first-order valence-electron chi connectivity index (χ1n) is 13.1. The van der Waals surface area contributed by atoms with Crippen molar-refractivity contribution in [3.63, 3.8) is 0 Å². The molecular formula is C31H39N3O4S. The lowest BCUT2D eigenvalue weighted by molar-refractivity contribution is -0.140. The first-order chi connectivity index (χ1) is 18.4. The normalized spacial score (nSPS) is 12.2. The average Bonchev–Trinajstić information content (AvgIpc) is 2.85. The van der Waals surface area contributed by atoms with E-state index in [9.17, 15) is 18.0 Å². The quantitative estimate of drug-likeness (QED) is 0.380. The van der Waals surface area contributed by atoms with Crippen molar-refractivity contribution in [2.24, 2.45) is 0 Å². The first-order valence-corrected chi connectivity index (χ1v) is 14.9. The van der Waals surface area contributed by atoms with Crippen molar-refractivity contribution in [2.75, 3.05) is 17.1 Å². The fourth-order valence-corrected chi connectivity index (χ4v) is 5.49. The zero-order valence-electron chi connectivity index (χ0n) is 23.6. The van der Waals surface area contributed by atoms with Crippen LogP contribution in [-0.2, 0) is 32.6 Å². The minimum Gasteiger partial charge on any atom is -0.352 e. The molecule has 3 aromatic rings. The van der Waals surface area contributed by atoms with Crippen LogP contribution < -0.4 is 9.62 Å². The van der Waals surface area contributed by atoms with Crippen LogP contribution in [-0.4, -0.2) is 50.0 Å². The Hall–Kier alpha value is -3.65. The van der Waals surface area contributed by atoms with Gasteiger partial charge in [-0.05, 0) is 62.9 Å². The predicted molar refractivity (Wildman–Crippen MR) is 157 cm³/mol. The minimum atomic E-state index is -3.80. The van der Waals surface area contributed by atoms with Gasteiger partial charge in [-0.2, -0.15) is 0 Å². The Morgan fingerprint density at radius 2 is 1.51 bits per heavy atom. The van der Waals surface area contributed by atoms with E-state index in [0.717, 1.165) is 38.4 Å². The Morgan fingerprint density at radius 3 is 2.10 bits per heavy atom. The monoisotopic (exact) mass is 549 g/mol. The smallest absolute Gasteiger partial charge is 0.244 e. The van der Waals surface area contributed by atoms with E-state index >= 15 is 0 Å². The number of amides is 2. The zero-order valence-corrected chi connectivity index (χ0v) is 24.5. The van der Waals surface area contributed by atoms with Crippen molar-refractivity contribution in [1.29, 1.82) is 0 Å². The van der Waals surface area contributed by atoms with Gasteiger partial charge in [-0.1, -0.05) is 72.3 Å². The van der Waals surface area contributed by atoms with Crippen molar-refractivity contribution in [1.82, 2.24) is 10.2 Å². The van der Waals surface area contributed by atoms with Crippen molar-refractivity contribution >= 4 is 27.5 Å². The molecule has 2 amide bonds. The zero-order chi connectivity index (χ0) is 28.7. The summed E-state index contributed by atoms with van der Waals surface area (Å²) in [5, 5.41) is 2.96. The molecule has 39 heavy (non-hydrogen) atoms. The third-order valence-corrected chi connectivity index (χ3v) is 7.73. The Balaban J connectivity index is 2.08. The lowest BCUT2D eigenvalue weighted by Crippen LogP contribution is -2.54. The maximum Gasteiger partial charge on any atom is 0.244 e. The lowest BCUT2D eigenvalue weighted by Gasteiger charge is -2.34. The summed E-state index contributed by atoms with van der Waals surface area (Å²) in [6.07, 6.45) is 1.39. The molecule has 1 N–H and O–H groups in total. The van der Waals surface area contributed by atoms with Gasteiger partial charge < -0.3 is 10.2 Å². The van der Waals surface area contributed by atoms with Crippen LogP contribution in [0.3, 0.4) is 0 Å². The van der Waals surface area contributed by atoms with E-state index in [0.29, 0.717) is 12.1 Å². The molecule has 0 spiro atoms. The number of carbonyl (C=O) groups is 2. The van der Waals surface area contributed by atoms with E-state index in [4.69, 9.17) is 0 Å². The number of anilines is 1. The molecule has 0 fully saturated rings. The molecule has 8 heteroatoms. The number of sulfonamides is 1. The summed E-state index contributed by atoms with van der Waals surface area (Å²) in [5.41, 5.74) is 4.95. The summed E-state index contributed by atoms with van der Waals surface area (Å²) >= 11 is 0. The highest BCUT2D eigenvalue weighted by molar-refractivity contribution is 7.92. The highest BCUT2D eigenvalue weighted by Gasteiger charge is 2.33. The number of nitrogens with one attached hydrogen (secondary N) is 1. The standard InChI is InChI=1S/C31H39N3O4S/c1-22(2)32-31(36)29(19-26-13-8-7-9-14-26)33(20-27-15-11-10-12-24(27)4)30(35)21-34(39(6,37)38)28-17-16-23(3)18-25(28)5/h7-18,22,29H,19-21H2,1-6H3,(H,32,36). The van der Waals surface area contributed by atoms with E-state index in [1.807, 2.05) is 101 Å². The molecule has 0 aliphatic carbocycles. The van der Waals surface area contributed by atoms with Gasteiger partial charge in [0.1, 0.15) is 12.6 Å². The molecule has 7 nitrogen and oxygen atoms in total. The van der Waals surface area contributed by atoms with Crippen LogP contribution in [0.4, 0.5) is 5.69 Å². The number of benzene rings is 3. The van der Waals surface area contributed by atoms with Gasteiger partial charge in [0.25, 0.3) is 0 Å². The second-order valence-corrected chi connectivity index (χ2v) is 12.3. The number of nitrogens with zero attached hydrogens (tertiary/aromatic N) is 2. The molecule has 0 heterocycles. The van der Waals surface area contributed by atoms with E-state index in [2.05, 4.69) is 5.32 Å². The Bertz CT molecular complexity index is 1400. The van der Waals surface area contributed by atoms with Crippen molar-refractivity contribution in [2.45, 2.75) is 59.7 Å². The topological polar surface area (TPSA) is 86.8 Å². The summed E-state index contributed by atoms with van der Waals surface area (Å²) in [6, 6.07) is 21.7. The molecule has 0 saturated heterocycles. The second kappa shape index (κ2) is 12.9. The number of rotatable bonds is 11. The van der Waals surface area contributed by atoms with Gasteiger partial charge in [-0.15, -0.1) is 0 Å². The van der Waals surface area contributed by atoms with Crippen LogP contribution in [0.25, 0.3) is 0 Å². The van der Waals surface area contributed by atoms with Crippen LogP contribution in [0.5, 0.6) is 0 Å². The maximum atomic E-state index is 14.1. The molecule has 0 aliphatic rings. The molecule has 0 bridgehead atoms. The average molecular weight is 550 g/mol. The SMILES string of the molecule is Cc1ccc(N(CC(=O)N(Cc2ccccc2C)C(Cc2ccccc2)C(=O)NC(C)C)S(C)(=O)=O)c(C)c1. The molecule has 0 saturated carbocycles. The largest absolute Gasteiger partial charge is 0.352 e. The van der Waals surface area contributed by atoms with E-state index < -0.39 is 28.5 Å². The minimum absolute atomic E-state index is 0.131. The summed E-state index contributed by atoms with van der Waals surface area (Å²) in [4.78, 5) is 29.2. The molecule has 0 aromatic heterocycles. The molecule has 208 valence electrons. The molecule has 0 aliphatic heterocycles. The highest BCUT2D eigenvalue weighted by Crippen LogP contribution is 2.25. The molecular weight excluding hydrogens is 510 g/mol. The summed E-state index contributed by atoms with van der Waals surface area (Å²) in [7, 11) is -3.80. The second-order valence-electron chi connectivity index (χ2n) is 10.4. The van der Waals surface area contributed by atoms with Crippen LogP contribution in [0, 0.1) is 20.8 Å². The number of aryl methyl sites for hydroxylation is 3. The van der Waals surface area contributed by atoms with Crippen LogP contribution >= 0.6 is 0 Å². The Labute approximate surface area is 232 Å². The molecule has 1 atom stereocenters. The summed E-state index contributed by atoms with van der Waals surface area (Å²) in [5.74, 6) is -0.739. The molecule has 1 unspecified atom stereocenters. The highest BCUT2D eigenvalue weighted by atomic mass is 32.2. The van der Waals surface area contributed by atoms with Crippen LogP contribution in [0.2, 0.25) is 0 Å². The van der Waals surface area contributed by atoms with Crippen LogP contribution in [0.1, 0.15) is 41.7 Å². The molecule has 3 rings (SSSR count). The van der Waals surface area contributed by atoms with Crippen molar-refractivity contribution < 1.29 is 18.0 Å². The van der Waals surface area contributed by atoms with Gasteiger partial charge >= 0.3 is 0 Å². The van der Waals surface area contributed by atoms with Crippen LogP contribution in [0.15, 0.2) is 72.8 Å². The predicted octanol–water partition coefficient (Wildman–Crippen LogP) is 4.54. The molecule has 3 aromatic carbocycles. The first kappa shape index (κ1) is 29.9. The van der Waals surface area contributed by atoms with Gasteiger partial charge in [0, 0.05) is 19.0 Å². The third-order valence-electron chi connectivity index (χ3n) is 6.60. The number of hydrogen-bond acceptors (Lipinski definition) is 4. The maximum absolute atomic E-state index is 14.1. The van der Waals surface area contributed by atoms with E-state index in [1.54, 1.807) is 6.07 Å². The fourth-order valence-electron chi connectivity index (χ4n) is 4.59. The van der Waals surface area contributed by atoms with Crippen molar-refractivity contribution in [3.8, 4) is 0 Å². The molecule has 0 radical (unpaired) electrons. The number of hydrogen-bond donors (Lipinski definition) is 1. The summed E-state index contributed by atoms with van der Waals surface area (Å²) < 4.78 is 27.0. The fraction of sp³-hybridized carbons (Fsp3) is 0.355. The van der Waals surface area contributed by atoms with Gasteiger partial charge in [-0.25, -0.2) is 8.42 Å². The van der Waals surface area contributed by atoms with Gasteiger partial charge in [0.2, 0.25) is 21.8 Å². The Morgan fingerprint density at radius 1 is 0.872 bits per heavy atom. The van der Waals surface area contributed by atoms with E-state index in [-0.39, 0.29) is 18.5 Å². The van der Waals surface area contributed by atoms with Gasteiger partial charge in [0.05, 0.1) is 11.9 Å². The number of carbonyl (C=O) groups excluding carboxylic acids is 2. The summed E-state index contributed by atoms with van der Waals surface area (Å²) in [6.45, 7) is 9.19. The van der Waals surface area contributed by atoms with Crippen molar-refractivity contribution in [3.05, 3.63) is 101 Å². The third kappa shape index (κ3) is 8.17. The van der Waals surface area contributed by atoms with Gasteiger partial charge in [0.15, 0.2) is 0 Å².